The smallest absolute Gasteiger partial charge is 0.270 e. The van der Waals surface area contributed by atoms with Gasteiger partial charge in [-0.05, 0) is 49.8 Å². The first-order chi connectivity index (χ1) is 10.1. The second-order valence-electron chi connectivity index (χ2n) is 6.53. The Kier molecular flexibility index (Phi) is 3.75. The van der Waals surface area contributed by atoms with Crippen molar-refractivity contribution in [1.82, 2.24) is 9.88 Å². The van der Waals surface area contributed by atoms with Gasteiger partial charge in [-0.25, -0.2) is 0 Å². The van der Waals surface area contributed by atoms with Crippen LogP contribution in [-0.2, 0) is 0 Å². The summed E-state index contributed by atoms with van der Waals surface area (Å²) < 4.78 is 0. The predicted molar refractivity (Wildman–Crippen MR) is 86.7 cm³/mol. The number of benzene rings is 1. The lowest BCUT2D eigenvalue weighted by molar-refractivity contribution is 0.0630. The lowest BCUT2D eigenvalue weighted by Gasteiger charge is -2.33. The first-order valence-electron chi connectivity index (χ1n) is 8.00. The monoisotopic (exact) mass is 284 g/mol. The van der Waals surface area contributed by atoms with Crippen LogP contribution in [0.1, 0.15) is 62.0 Å². The molecule has 0 radical (unpaired) electrons. The van der Waals surface area contributed by atoms with E-state index in [2.05, 4.69) is 44.0 Å². The maximum atomic E-state index is 12.7. The molecule has 3 heteroatoms. The third kappa shape index (κ3) is 2.69. The molecule has 3 rings (SSSR count). The van der Waals surface area contributed by atoms with Crippen LogP contribution in [0.15, 0.2) is 24.3 Å². The first-order valence-corrected chi connectivity index (χ1v) is 8.00. The van der Waals surface area contributed by atoms with Crippen LogP contribution >= 0.6 is 0 Å². The van der Waals surface area contributed by atoms with Crippen molar-refractivity contribution in [3.63, 3.8) is 0 Å². The molecule has 1 aromatic heterocycles. The summed E-state index contributed by atoms with van der Waals surface area (Å²) >= 11 is 0. The first kappa shape index (κ1) is 14.2. The Bertz CT molecular complexity index is 656. The van der Waals surface area contributed by atoms with Crippen molar-refractivity contribution >= 4 is 16.8 Å². The van der Waals surface area contributed by atoms with Gasteiger partial charge in [-0.15, -0.1) is 0 Å². The van der Waals surface area contributed by atoms with E-state index in [1.165, 1.54) is 12.0 Å². The number of aromatic amines is 1. The molecule has 1 aromatic carbocycles. The molecule has 1 unspecified atom stereocenters. The van der Waals surface area contributed by atoms with E-state index in [1.807, 2.05) is 11.0 Å². The van der Waals surface area contributed by atoms with Crippen LogP contribution in [0.2, 0.25) is 0 Å². The standard InChI is InChI=1S/C18H24N2O/c1-12(2)14-7-8-15-11-17(19-16(15)10-14)18(21)20-9-5-4-6-13(20)3/h7-8,10-13,19H,4-6,9H2,1-3H3. The van der Waals surface area contributed by atoms with Gasteiger partial charge in [0.25, 0.3) is 5.91 Å². The molecule has 1 fully saturated rings. The predicted octanol–water partition coefficient (Wildman–Crippen LogP) is 4.31. The fourth-order valence-corrected chi connectivity index (χ4v) is 3.17. The van der Waals surface area contributed by atoms with Crippen LogP contribution in [-0.4, -0.2) is 28.4 Å². The number of hydrogen-bond acceptors (Lipinski definition) is 1. The van der Waals surface area contributed by atoms with Crippen molar-refractivity contribution < 1.29 is 4.79 Å². The number of rotatable bonds is 2. The van der Waals surface area contributed by atoms with Gasteiger partial charge < -0.3 is 9.88 Å². The molecule has 3 nitrogen and oxygen atoms in total. The second kappa shape index (κ2) is 5.55. The van der Waals surface area contributed by atoms with Gasteiger partial charge in [-0.3, -0.25) is 4.79 Å². The van der Waals surface area contributed by atoms with Gasteiger partial charge in [-0.2, -0.15) is 0 Å². The number of hydrogen-bond donors (Lipinski definition) is 1. The molecule has 1 saturated heterocycles. The zero-order valence-electron chi connectivity index (χ0n) is 13.1. The number of nitrogens with zero attached hydrogens (tertiary/aromatic N) is 1. The van der Waals surface area contributed by atoms with Crippen LogP contribution in [0.25, 0.3) is 10.9 Å². The highest BCUT2D eigenvalue weighted by Crippen LogP contribution is 2.24. The van der Waals surface area contributed by atoms with Crippen LogP contribution < -0.4 is 0 Å². The number of aromatic nitrogens is 1. The molecule has 0 bridgehead atoms. The van der Waals surface area contributed by atoms with Crippen molar-refractivity contribution in [1.29, 1.82) is 0 Å². The highest BCUT2D eigenvalue weighted by Gasteiger charge is 2.25. The van der Waals surface area contributed by atoms with E-state index in [9.17, 15) is 4.79 Å². The van der Waals surface area contributed by atoms with E-state index in [1.54, 1.807) is 0 Å². The summed E-state index contributed by atoms with van der Waals surface area (Å²) in [6.45, 7) is 7.40. The van der Waals surface area contributed by atoms with Crippen LogP contribution in [0, 0.1) is 0 Å². The molecular weight excluding hydrogens is 260 g/mol. The highest BCUT2D eigenvalue weighted by atomic mass is 16.2. The third-order valence-corrected chi connectivity index (χ3v) is 4.61. The van der Waals surface area contributed by atoms with Crippen molar-refractivity contribution in [2.24, 2.45) is 0 Å². The zero-order chi connectivity index (χ0) is 15.0. The summed E-state index contributed by atoms with van der Waals surface area (Å²) in [5.74, 6) is 0.642. The summed E-state index contributed by atoms with van der Waals surface area (Å²) in [6, 6.07) is 8.76. The summed E-state index contributed by atoms with van der Waals surface area (Å²) in [4.78, 5) is 18.0. The second-order valence-corrected chi connectivity index (χ2v) is 6.53. The fourth-order valence-electron chi connectivity index (χ4n) is 3.17. The summed E-state index contributed by atoms with van der Waals surface area (Å²) in [5, 5.41) is 1.12. The molecule has 2 aromatic rings. The molecule has 0 spiro atoms. The van der Waals surface area contributed by atoms with Crippen molar-refractivity contribution in [2.45, 2.75) is 52.0 Å². The molecule has 21 heavy (non-hydrogen) atoms. The molecule has 0 saturated carbocycles. The molecule has 2 heterocycles. The summed E-state index contributed by atoms with van der Waals surface area (Å²) in [7, 11) is 0. The highest BCUT2D eigenvalue weighted by molar-refractivity contribution is 5.98. The Morgan fingerprint density at radius 2 is 2.10 bits per heavy atom. The van der Waals surface area contributed by atoms with E-state index in [0.717, 1.165) is 36.0 Å². The molecule has 112 valence electrons. The number of likely N-dealkylation sites (tertiary alicyclic amines) is 1. The molecule has 1 atom stereocenters. The van der Waals surface area contributed by atoms with Gasteiger partial charge in [0, 0.05) is 23.5 Å². The molecular formula is C18H24N2O. The molecule has 1 amide bonds. The van der Waals surface area contributed by atoms with Crippen LogP contribution in [0.4, 0.5) is 0 Å². The summed E-state index contributed by atoms with van der Waals surface area (Å²) in [6.07, 6.45) is 3.46. The number of nitrogens with one attached hydrogen (secondary N) is 1. The Balaban J connectivity index is 1.91. The Morgan fingerprint density at radius 1 is 1.29 bits per heavy atom. The van der Waals surface area contributed by atoms with Crippen LogP contribution in [0.3, 0.4) is 0 Å². The Morgan fingerprint density at radius 3 is 2.81 bits per heavy atom. The number of piperidine rings is 1. The lowest BCUT2D eigenvalue weighted by atomic mass is 10.0. The largest absolute Gasteiger partial charge is 0.351 e. The average molecular weight is 284 g/mol. The topological polar surface area (TPSA) is 36.1 Å². The van der Waals surface area contributed by atoms with Gasteiger partial charge in [0.05, 0.1) is 0 Å². The average Bonchev–Trinajstić information content (AvgIpc) is 2.89. The zero-order valence-corrected chi connectivity index (χ0v) is 13.1. The maximum Gasteiger partial charge on any atom is 0.270 e. The van der Waals surface area contributed by atoms with Gasteiger partial charge in [0.1, 0.15) is 5.69 Å². The lowest BCUT2D eigenvalue weighted by Crippen LogP contribution is -2.42. The van der Waals surface area contributed by atoms with E-state index in [-0.39, 0.29) is 5.91 Å². The third-order valence-electron chi connectivity index (χ3n) is 4.61. The summed E-state index contributed by atoms with van der Waals surface area (Å²) in [5.41, 5.74) is 3.09. The van der Waals surface area contributed by atoms with E-state index < -0.39 is 0 Å². The van der Waals surface area contributed by atoms with E-state index in [0.29, 0.717) is 12.0 Å². The van der Waals surface area contributed by atoms with Crippen molar-refractivity contribution in [3.8, 4) is 0 Å². The fraction of sp³-hybridized carbons (Fsp3) is 0.500. The molecule has 1 aliphatic heterocycles. The minimum atomic E-state index is 0.143. The normalized spacial score (nSPS) is 19.4. The number of H-pyrrole nitrogens is 1. The van der Waals surface area contributed by atoms with Gasteiger partial charge in [0.2, 0.25) is 0 Å². The molecule has 1 aliphatic rings. The Hall–Kier alpha value is -1.77. The van der Waals surface area contributed by atoms with Gasteiger partial charge in [0.15, 0.2) is 0 Å². The number of amides is 1. The minimum absolute atomic E-state index is 0.143. The SMILES string of the molecule is CC(C)c1ccc2cc(C(=O)N3CCCCC3C)[nH]c2c1. The Labute approximate surface area is 126 Å². The minimum Gasteiger partial charge on any atom is -0.351 e. The number of carbonyl (C=O) groups is 1. The van der Waals surface area contributed by atoms with E-state index in [4.69, 9.17) is 0 Å². The van der Waals surface area contributed by atoms with Crippen LogP contribution in [0.5, 0.6) is 0 Å². The van der Waals surface area contributed by atoms with Gasteiger partial charge >= 0.3 is 0 Å². The van der Waals surface area contributed by atoms with Gasteiger partial charge in [-0.1, -0.05) is 26.0 Å². The maximum absolute atomic E-state index is 12.7. The number of carbonyl (C=O) groups excluding carboxylic acids is 1. The number of fused-ring (bicyclic) bond motifs is 1. The van der Waals surface area contributed by atoms with E-state index >= 15 is 0 Å². The van der Waals surface area contributed by atoms with Crippen molar-refractivity contribution in [3.05, 3.63) is 35.5 Å². The van der Waals surface area contributed by atoms with Crippen molar-refractivity contribution in [2.75, 3.05) is 6.54 Å². The quantitative estimate of drug-likeness (QED) is 0.876. The molecule has 0 aliphatic carbocycles. The molecule has 1 N–H and O–H groups in total.